The van der Waals surface area contributed by atoms with Gasteiger partial charge in [-0.05, 0) is 18.6 Å². The average Bonchev–Trinajstić information content (AvgIpc) is 2.45. The average molecular weight is 287 g/mol. The molecule has 0 aromatic carbocycles. The van der Waals surface area contributed by atoms with Crippen molar-refractivity contribution in [1.82, 2.24) is 15.0 Å². The van der Waals surface area contributed by atoms with Gasteiger partial charge < -0.3 is 10.6 Å². The number of hydrogen-bond acceptors (Lipinski definition) is 5. The summed E-state index contributed by atoms with van der Waals surface area (Å²) in [4.78, 5) is 15.5. The molecule has 6 heteroatoms. The van der Waals surface area contributed by atoms with E-state index in [2.05, 4.69) is 19.9 Å². The number of anilines is 1. The third-order valence-electron chi connectivity index (χ3n) is 2.88. The van der Waals surface area contributed by atoms with Gasteiger partial charge in [0, 0.05) is 44.3 Å². The highest BCUT2D eigenvalue weighted by molar-refractivity contribution is 7.80. The van der Waals surface area contributed by atoms with Crippen LogP contribution in [0.25, 0.3) is 0 Å². The summed E-state index contributed by atoms with van der Waals surface area (Å²) in [5.41, 5.74) is 7.61. The summed E-state index contributed by atoms with van der Waals surface area (Å²) >= 11 is 4.96. The Morgan fingerprint density at radius 1 is 1.30 bits per heavy atom. The van der Waals surface area contributed by atoms with Gasteiger partial charge in [-0.25, -0.2) is 4.98 Å². The van der Waals surface area contributed by atoms with E-state index in [1.807, 2.05) is 25.3 Å². The summed E-state index contributed by atoms with van der Waals surface area (Å²) in [7, 11) is 0. The number of nitrogens with zero attached hydrogens (tertiary/aromatic N) is 4. The maximum Gasteiger partial charge on any atom is 0.150 e. The van der Waals surface area contributed by atoms with Crippen LogP contribution in [0.1, 0.15) is 17.7 Å². The number of thiocarbonyl (C=S) groups is 1. The molecule has 20 heavy (non-hydrogen) atoms. The standard InChI is InChI=1S/C14H17N5S/c1-11-14(18-7-6-17-11)19(8-4-13(15)20)10-12-3-2-5-16-9-12/h2-3,5-7,9H,4,8,10H2,1H3,(H2,15,20). The highest BCUT2D eigenvalue weighted by Crippen LogP contribution is 2.17. The van der Waals surface area contributed by atoms with Crippen molar-refractivity contribution in [1.29, 1.82) is 0 Å². The minimum absolute atomic E-state index is 0.503. The number of rotatable bonds is 6. The van der Waals surface area contributed by atoms with Gasteiger partial charge in [-0.1, -0.05) is 18.3 Å². The van der Waals surface area contributed by atoms with Gasteiger partial charge in [-0.3, -0.25) is 9.97 Å². The Hall–Kier alpha value is -2.08. The second-order valence-electron chi connectivity index (χ2n) is 4.46. The lowest BCUT2D eigenvalue weighted by molar-refractivity contribution is 0.778. The molecular weight excluding hydrogens is 270 g/mol. The highest BCUT2D eigenvalue weighted by atomic mass is 32.1. The van der Waals surface area contributed by atoms with Crippen molar-refractivity contribution in [3.63, 3.8) is 0 Å². The van der Waals surface area contributed by atoms with Gasteiger partial charge in [0.2, 0.25) is 0 Å². The Morgan fingerprint density at radius 3 is 2.75 bits per heavy atom. The van der Waals surface area contributed by atoms with Gasteiger partial charge in [-0.2, -0.15) is 0 Å². The molecule has 2 rings (SSSR count). The molecule has 0 amide bonds. The first-order valence-corrected chi connectivity index (χ1v) is 6.77. The Kier molecular flexibility index (Phi) is 4.95. The Balaban J connectivity index is 2.20. The fraction of sp³-hybridized carbons (Fsp3) is 0.286. The topological polar surface area (TPSA) is 67.9 Å². The van der Waals surface area contributed by atoms with Gasteiger partial charge in [0.1, 0.15) is 5.82 Å². The fourth-order valence-electron chi connectivity index (χ4n) is 1.93. The van der Waals surface area contributed by atoms with Gasteiger partial charge in [0.15, 0.2) is 0 Å². The minimum atomic E-state index is 0.503. The van der Waals surface area contributed by atoms with Gasteiger partial charge in [-0.15, -0.1) is 0 Å². The van der Waals surface area contributed by atoms with Crippen LogP contribution in [-0.4, -0.2) is 26.5 Å². The van der Waals surface area contributed by atoms with E-state index in [9.17, 15) is 0 Å². The van der Waals surface area contributed by atoms with Crippen LogP contribution < -0.4 is 10.6 Å². The lowest BCUT2D eigenvalue weighted by Gasteiger charge is -2.24. The lowest BCUT2D eigenvalue weighted by atomic mass is 10.2. The van der Waals surface area contributed by atoms with Crippen LogP contribution in [0, 0.1) is 6.92 Å². The van der Waals surface area contributed by atoms with E-state index < -0.39 is 0 Å². The molecule has 5 nitrogen and oxygen atoms in total. The van der Waals surface area contributed by atoms with E-state index in [1.54, 1.807) is 18.6 Å². The van der Waals surface area contributed by atoms with Crippen LogP contribution in [0.5, 0.6) is 0 Å². The van der Waals surface area contributed by atoms with E-state index in [-0.39, 0.29) is 0 Å². The third kappa shape index (κ3) is 3.96. The zero-order valence-corrected chi connectivity index (χ0v) is 12.2. The van der Waals surface area contributed by atoms with Gasteiger partial charge >= 0.3 is 0 Å². The third-order valence-corrected chi connectivity index (χ3v) is 3.08. The molecule has 0 atom stereocenters. The minimum Gasteiger partial charge on any atom is -0.393 e. The van der Waals surface area contributed by atoms with Crippen LogP contribution in [0.2, 0.25) is 0 Å². The summed E-state index contributed by atoms with van der Waals surface area (Å²) < 4.78 is 0. The summed E-state index contributed by atoms with van der Waals surface area (Å²) in [6.45, 7) is 3.36. The molecule has 104 valence electrons. The lowest BCUT2D eigenvalue weighted by Crippen LogP contribution is -2.28. The summed E-state index contributed by atoms with van der Waals surface area (Å²) in [6.07, 6.45) is 7.63. The zero-order chi connectivity index (χ0) is 14.4. The highest BCUT2D eigenvalue weighted by Gasteiger charge is 2.12. The van der Waals surface area contributed by atoms with Crippen molar-refractivity contribution in [3.05, 3.63) is 48.2 Å². The first-order chi connectivity index (χ1) is 9.66. The Labute approximate surface area is 123 Å². The Morgan fingerprint density at radius 2 is 2.10 bits per heavy atom. The molecule has 0 aliphatic heterocycles. The van der Waals surface area contributed by atoms with E-state index in [0.29, 0.717) is 24.5 Å². The number of aryl methyl sites for hydroxylation is 1. The first-order valence-electron chi connectivity index (χ1n) is 6.36. The molecule has 0 spiro atoms. The molecule has 0 fully saturated rings. The normalized spacial score (nSPS) is 10.2. The molecule has 0 radical (unpaired) electrons. The first kappa shape index (κ1) is 14.3. The van der Waals surface area contributed by atoms with E-state index in [4.69, 9.17) is 18.0 Å². The maximum absolute atomic E-state index is 5.61. The fourth-order valence-corrected chi connectivity index (χ4v) is 2.02. The molecule has 0 aliphatic carbocycles. The molecule has 0 saturated heterocycles. The number of hydrogen-bond donors (Lipinski definition) is 1. The van der Waals surface area contributed by atoms with Crippen LogP contribution in [0.4, 0.5) is 5.82 Å². The summed E-state index contributed by atoms with van der Waals surface area (Å²) in [5, 5.41) is 0. The SMILES string of the molecule is Cc1nccnc1N(CCC(N)=S)Cc1cccnc1. The van der Waals surface area contributed by atoms with Crippen LogP contribution in [-0.2, 0) is 6.54 Å². The van der Waals surface area contributed by atoms with Crippen molar-refractivity contribution in [2.75, 3.05) is 11.4 Å². The molecule has 2 aromatic rings. The molecular formula is C14H17N5S. The van der Waals surface area contributed by atoms with Crippen molar-refractivity contribution in [2.45, 2.75) is 19.9 Å². The number of nitrogens with two attached hydrogens (primary N) is 1. The Bertz CT molecular complexity index is 573. The van der Waals surface area contributed by atoms with Crippen molar-refractivity contribution in [3.8, 4) is 0 Å². The van der Waals surface area contributed by atoms with E-state index in [1.165, 1.54) is 0 Å². The predicted molar refractivity (Wildman–Crippen MR) is 83.5 cm³/mol. The largest absolute Gasteiger partial charge is 0.393 e. The van der Waals surface area contributed by atoms with Crippen LogP contribution in [0.3, 0.4) is 0 Å². The molecule has 2 aromatic heterocycles. The zero-order valence-electron chi connectivity index (χ0n) is 11.4. The molecule has 0 unspecified atom stereocenters. The monoisotopic (exact) mass is 287 g/mol. The molecule has 0 saturated carbocycles. The smallest absolute Gasteiger partial charge is 0.150 e. The van der Waals surface area contributed by atoms with Crippen molar-refractivity contribution in [2.24, 2.45) is 5.73 Å². The second kappa shape index (κ2) is 6.91. The van der Waals surface area contributed by atoms with Crippen molar-refractivity contribution < 1.29 is 0 Å². The molecule has 0 aliphatic rings. The molecule has 2 heterocycles. The van der Waals surface area contributed by atoms with E-state index >= 15 is 0 Å². The van der Waals surface area contributed by atoms with Gasteiger partial charge in [0.05, 0.1) is 10.7 Å². The maximum atomic E-state index is 5.61. The summed E-state index contributed by atoms with van der Waals surface area (Å²) in [6, 6.07) is 3.96. The summed E-state index contributed by atoms with van der Waals surface area (Å²) in [5.74, 6) is 0.854. The second-order valence-corrected chi connectivity index (χ2v) is 4.99. The predicted octanol–water partition coefficient (Wildman–Crippen LogP) is 1.86. The quantitative estimate of drug-likeness (QED) is 0.818. The number of aromatic nitrogens is 3. The number of pyridine rings is 1. The van der Waals surface area contributed by atoms with E-state index in [0.717, 1.165) is 17.1 Å². The van der Waals surface area contributed by atoms with Crippen LogP contribution >= 0.6 is 12.2 Å². The van der Waals surface area contributed by atoms with Gasteiger partial charge in [0.25, 0.3) is 0 Å². The molecule has 0 bridgehead atoms. The van der Waals surface area contributed by atoms with Crippen molar-refractivity contribution >= 4 is 23.0 Å². The molecule has 2 N–H and O–H groups in total. The van der Waals surface area contributed by atoms with Crippen LogP contribution in [0.15, 0.2) is 36.9 Å².